The molecule has 5 aliphatic heterocycles. The summed E-state index contributed by atoms with van der Waals surface area (Å²) in [5.41, 5.74) is -1.63. The number of aliphatic carboxylic acids is 1. The van der Waals surface area contributed by atoms with Crippen molar-refractivity contribution in [1.82, 2.24) is 0 Å². The first kappa shape index (κ1) is 42.7. The monoisotopic (exact) mass is 750 g/mol. The Morgan fingerprint density at radius 1 is 0.887 bits per heavy atom. The molecule has 0 amide bonds. The maximum atomic E-state index is 14.4. The molecule has 304 valence electrons. The van der Waals surface area contributed by atoms with Crippen LogP contribution in [-0.4, -0.2) is 97.7 Å². The summed E-state index contributed by atoms with van der Waals surface area (Å²) in [7, 11) is 0. The van der Waals surface area contributed by atoms with E-state index in [9.17, 15) is 30.0 Å². The van der Waals surface area contributed by atoms with E-state index in [0.29, 0.717) is 57.8 Å². The number of carboxylic acids is 1. The minimum absolute atomic E-state index is 0.0137. The predicted octanol–water partition coefficient (Wildman–Crippen LogP) is 6.19. The molecule has 0 saturated carbocycles. The molecule has 0 aromatic carbocycles. The van der Waals surface area contributed by atoms with E-state index < -0.39 is 76.8 Å². The zero-order valence-corrected chi connectivity index (χ0v) is 34.0. The molecule has 18 atom stereocenters. The minimum atomic E-state index is -1.37. The lowest BCUT2D eigenvalue weighted by molar-refractivity contribution is -0.409. The lowest BCUT2D eigenvalue weighted by atomic mass is 9.72. The first-order valence-corrected chi connectivity index (χ1v) is 20.7. The smallest absolute Gasteiger partial charge is 0.309 e. The number of ketones is 1. The van der Waals surface area contributed by atoms with Gasteiger partial charge in [0.1, 0.15) is 11.9 Å². The van der Waals surface area contributed by atoms with Crippen LogP contribution in [0.1, 0.15) is 133 Å². The molecule has 11 nitrogen and oxygen atoms in total. The number of aliphatic hydroxyl groups excluding tert-OH is 2. The summed E-state index contributed by atoms with van der Waals surface area (Å²) in [6.45, 7) is 19.6. The molecule has 5 rings (SSSR count). The van der Waals surface area contributed by atoms with E-state index >= 15 is 0 Å². The molecule has 0 aromatic rings. The third kappa shape index (κ3) is 7.94. The van der Waals surface area contributed by atoms with Gasteiger partial charge < -0.3 is 44.1 Å². The molecule has 4 N–H and O–H groups in total. The molecule has 4 saturated heterocycles. The van der Waals surface area contributed by atoms with Crippen LogP contribution >= 0.6 is 0 Å². The topological polar surface area (TPSA) is 161 Å². The second-order valence-electron chi connectivity index (χ2n) is 17.9. The predicted molar refractivity (Wildman–Crippen MR) is 199 cm³/mol. The van der Waals surface area contributed by atoms with Gasteiger partial charge >= 0.3 is 5.97 Å². The highest BCUT2D eigenvalue weighted by Gasteiger charge is 2.63. The van der Waals surface area contributed by atoms with Crippen LogP contribution in [-0.2, 0) is 33.3 Å². The fourth-order valence-electron chi connectivity index (χ4n) is 10.5. The Balaban J connectivity index is 1.31. The third-order valence-electron chi connectivity index (χ3n) is 14.4. The van der Waals surface area contributed by atoms with Gasteiger partial charge in [-0.15, -0.1) is 0 Å². The third-order valence-corrected chi connectivity index (χ3v) is 14.4. The van der Waals surface area contributed by atoms with Gasteiger partial charge in [-0.05, 0) is 95.6 Å². The summed E-state index contributed by atoms with van der Waals surface area (Å²) in [5, 5.41) is 44.0. The number of aliphatic hydroxyl groups is 3. The Kier molecular flexibility index (Phi) is 13.0. The Labute approximate surface area is 317 Å². The molecule has 0 aromatic heterocycles. The average Bonchev–Trinajstić information content (AvgIpc) is 3.47. The van der Waals surface area contributed by atoms with Crippen LogP contribution in [0.15, 0.2) is 12.2 Å². The highest BCUT2D eigenvalue weighted by Crippen LogP contribution is 2.54. The van der Waals surface area contributed by atoms with E-state index in [-0.39, 0.29) is 41.8 Å². The fourth-order valence-corrected chi connectivity index (χ4v) is 10.5. The van der Waals surface area contributed by atoms with Crippen LogP contribution in [0.2, 0.25) is 0 Å². The molecule has 0 radical (unpaired) electrons. The fraction of sp³-hybridized carbons (Fsp3) is 0.905. The number of carbonyl (C=O) groups is 2. The number of hydrogen-bond donors (Lipinski definition) is 4. The first-order valence-electron chi connectivity index (χ1n) is 20.7. The van der Waals surface area contributed by atoms with Gasteiger partial charge in [0.25, 0.3) is 0 Å². The number of ether oxygens (including phenoxy) is 5. The molecular weight excluding hydrogens is 680 g/mol. The zero-order chi connectivity index (χ0) is 39.3. The standard InChI is InChI=1S/C42H70O11/c1-11-29(38(46)47)31-15-14-23(4)36(50-31)27(8)34(44)26(7)35(45)30(12-2)37-24(5)22-25(6)41(51-37)19-16-32(43)42(53-41)21-20-39(10,52-42)33-17-18-40(48,13-3)28(9)49-33/h16,19,23-34,36-37,43-44,48H,11-15,17-18,20-22H2,1-10H3,(H,46,47)/t23-,24-,25+,26-,27-,28-,29+,30?,31+,32+,33+,34+,36+,37-,39-,40+,41-,42-/m0/s1. The Hall–Kier alpha value is -1.44. The molecule has 11 heteroatoms. The molecule has 53 heavy (non-hydrogen) atoms. The second-order valence-corrected chi connectivity index (χ2v) is 17.9. The van der Waals surface area contributed by atoms with E-state index in [1.54, 1.807) is 19.1 Å². The van der Waals surface area contributed by atoms with Crippen molar-refractivity contribution in [3.8, 4) is 0 Å². The summed E-state index contributed by atoms with van der Waals surface area (Å²) in [6.07, 6.45) is 5.51. The Morgan fingerprint density at radius 3 is 2.17 bits per heavy atom. The van der Waals surface area contributed by atoms with E-state index in [2.05, 4.69) is 20.8 Å². The summed E-state index contributed by atoms with van der Waals surface area (Å²) >= 11 is 0. The molecular formula is C42H70O11. The Morgan fingerprint density at radius 2 is 1.57 bits per heavy atom. The SMILES string of the molecule is CCC(C(=O)[C@@H](C)[C@@H](O)[C@H](C)[C@@H]1O[C@@H]([C@@H](CC)C(=O)O)CC[C@@H]1C)[C@H]1O[C@]2(C=C[C@@H](O)[C@]3(CC[C@@](C)([C@H]4CC[C@](O)(CC)[C@H](C)O4)O3)O2)[C@H](C)C[C@@H]1C. The van der Waals surface area contributed by atoms with Gasteiger partial charge in [0.05, 0.1) is 53.7 Å². The molecule has 0 aliphatic carbocycles. The van der Waals surface area contributed by atoms with Crippen molar-refractivity contribution >= 4 is 11.8 Å². The molecule has 0 bridgehead atoms. The van der Waals surface area contributed by atoms with Crippen LogP contribution in [0.5, 0.6) is 0 Å². The molecule has 4 fully saturated rings. The van der Waals surface area contributed by atoms with E-state index in [1.807, 2.05) is 41.5 Å². The lowest BCUT2D eigenvalue weighted by Gasteiger charge is -2.54. The normalized spacial score (nSPS) is 46.2. The molecule has 2 spiro atoms. The quantitative estimate of drug-likeness (QED) is 0.169. The van der Waals surface area contributed by atoms with Crippen molar-refractivity contribution < 1.29 is 53.7 Å². The van der Waals surface area contributed by atoms with Gasteiger partial charge in [0, 0.05) is 30.1 Å². The van der Waals surface area contributed by atoms with Gasteiger partial charge in [-0.3, -0.25) is 9.59 Å². The van der Waals surface area contributed by atoms with Crippen molar-refractivity contribution in [3.05, 3.63) is 12.2 Å². The van der Waals surface area contributed by atoms with Crippen LogP contribution in [0.3, 0.4) is 0 Å². The maximum Gasteiger partial charge on any atom is 0.309 e. The van der Waals surface area contributed by atoms with Gasteiger partial charge in [0.15, 0.2) is 5.79 Å². The van der Waals surface area contributed by atoms with Crippen molar-refractivity contribution in [2.45, 2.75) is 199 Å². The minimum Gasteiger partial charge on any atom is -0.481 e. The summed E-state index contributed by atoms with van der Waals surface area (Å²) in [6, 6.07) is 0. The van der Waals surface area contributed by atoms with Gasteiger partial charge in [-0.25, -0.2) is 0 Å². The second kappa shape index (κ2) is 16.2. The molecule has 5 aliphatic rings. The lowest BCUT2D eigenvalue weighted by Crippen LogP contribution is -2.63. The van der Waals surface area contributed by atoms with Gasteiger partial charge in [0.2, 0.25) is 5.79 Å². The van der Waals surface area contributed by atoms with Crippen molar-refractivity contribution in [1.29, 1.82) is 0 Å². The Bertz CT molecular complexity index is 1320. The van der Waals surface area contributed by atoms with Gasteiger partial charge in [-0.1, -0.05) is 55.4 Å². The first-order chi connectivity index (χ1) is 24.8. The largest absolute Gasteiger partial charge is 0.481 e. The number of carbonyl (C=O) groups excluding carboxylic acids is 1. The highest BCUT2D eigenvalue weighted by atomic mass is 16.8. The van der Waals surface area contributed by atoms with E-state index in [1.165, 1.54) is 0 Å². The van der Waals surface area contributed by atoms with E-state index in [0.717, 1.165) is 6.42 Å². The summed E-state index contributed by atoms with van der Waals surface area (Å²) < 4.78 is 33.5. The molecule has 5 heterocycles. The number of Topliss-reactive ketones (excluding diaryl/α,β-unsaturated/α-hetero) is 1. The van der Waals surface area contributed by atoms with Crippen LogP contribution in [0.25, 0.3) is 0 Å². The van der Waals surface area contributed by atoms with Crippen molar-refractivity contribution in [2.24, 2.45) is 41.4 Å². The van der Waals surface area contributed by atoms with Crippen molar-refractivity contribution in [2.75, 3.05) is 0 Å². The zero-order valence-electron chi connectivity index (χ0n) is 34.0. The summed E-state index contributed by atoms with van der Waals surface area (Å²) in [4.78, 5) is 26.4. The number of rotatable bonds is 12. The van der Waals surface area contributed by atoms with E-state index in [4.69, 9.17) is 23.7 Å². The number of carboxylic acid groups (broad SMARTS) is 1. The number of hydrogen-bond acceptors (Lipinski definition) is 10. The molecule has 1 unspecified atom stereocenters. The maximum absolute atomic E-state index is 14.4. The van der Waals surface area contributed by atoms with Crippen LogP contribution in [0, 0.1) is 41.4 Å². The summed E-state index contributed by atoms with van der Waals surface area (Å²) in [5.74, 6) is -5.78. The van der Waals surface area contributed by atoms with Gasteiger partial charge in [-0.2, -0.15) is 0 Å². The van der Waals surface area contributed by atoms with Crippen molar-refractivity contribution in [3.63, 3.8) is 0 Å². The van der Waals surface area contributed by atoms with Crippen LogP contribution < -0.4 is 0 Å². The van der Waals surface area contributed by atoms with Crippen LogP contribution in [0.4, 0.5) is 0 Å². The average molecular weight is 751 g/mol. The highest BCUT2D eigenvalue weighted by molar-refractivity contribution is 5.84.